The van der Waals surface area contributed by atoms with Crippen molar-refractivity contribution in [3.05, 3.63) is 24.0 Å². The van der Waals surface area contributed by atoms with E-state index in [4.69, 9.17) is 5.73 Å². The molecular weight excluding hydrogens is 295 g/mol. The summed E-state index contributed by atoms with van der Waals surface area (Å²) in [6, 6.07) is 3.54. The van der Waals surface area contributed by atoms with Gasteiger partial charge in [0.2, 0.25) is 5.91 Å². The van der Waals surface area contributed by atoms with Crippen LogP contribution in [-0.2, 0) is 14.6 Å². The Labute approximate surface area is 123 Å². The van der Waals surface area contributed by atoms with Crippen LogP contribution in [0.15, 0.2) is 18.2 Å². The first-order chi connectivity index (χ1) is 9.88. The number of benzene rings is 1. The summed E-state index contributed by atoms with van der Waals surface area (Å²) in [7, 11) is -3.45. The molecule has 21 heavy (non-hydrogen) atoms. The molecule has 1 saturated carbocycles. The van der Waals surface area contributed by atoms with Crippen LogP contribution in [0.1, 0.15) is 32.1 Å². The number of carbonyl (C=O) groups is 1. The Hall–Kier alpha value is -1.63. The molecule has 0 aliphatic heterocycles. The van der Waals surface area contributed by atoms with Crippen molar-refractivity contribution in [1.29, 1.82) is 0 Å². The molecule has 1 aliphatic rings. The van der Waals surface area contributed by atoms with Gasteiger partial charge < -0.3 is 11.1 Å². The largest absolute Gasteiger partial charge is 0.397 e. The van der Waals surface area contributed by atoms with E-state index in [1.807, 2.05) is 0 Å². The number of sulfone groups is 1. The predicted octanol–water partition coefficient (Wildman–Crippen LogP) is 2.09. The van der Waals surface area contributed by atoms with Crippen molar-refractivity contribution in [3.8, 4) is 0 Å². The molecule has 0 unspecified atom stereocenters. The summed E-state index contributed by atoms with van der Waals surface area (Å²) in [6.45, 7) is 0. The van der Waals surface area contributed by atoms with E-state index in [0.29, 0.717) is 12.8 Å². The zero-order chi connectivity index (χ0) is 15.5. The number of rotatable bonds is 4. The zero-order valence-electron chi connectivity index (χ0n) is 11.6. The van der Waals surface area contributed by atoms with Crippen LogP contribution in [0.2, 0.25) is 0 Å². The molecule has 1 aromatic carbocycles. The molecule has 0 bridgehead atoms. The molecule has 0 radical (unpaired) electrons. The maximum Gasteiger partial charge on any atom is 0.239 e. The summed E-state index contributed by atoms with van der Waals surface area (Å²) < 4.78 is 37.3. The maximum absolute atomic E-state index is 12.9. The van der Waals surface area contributed by atoms with Crippen molar-refractivity contribution in [2.75, 3.05) is 16.8 Å². The third-order valence-electron chi connectivity index (χ3n) is 3.68. The molecule has 0 heterocycles. The van der Waals surface area contributed by atoms with Crippen LogP contribution in [-0.4, -0.2) is 25.3 Å². The standard InChI is InChI=1S/C14H19FN2O3S/c15-10-6-7-13(12(16)8-10)17-14(18)9-21(19,20)11-4-2-1-3-5-11/h6-8,11H,1-5,9,16H2,(H,17,18). The topological polar surface area (TPSA) is 89.3 Å². The molecule has 0 saturated heterocycles. The SMILES string of the molecule is Nc1cc(F)ccc1NC(=O)CS(=O)(=O)C1CCCCC1. The van der Waals surface area contributed by atoms with Gasteiger partial charge >= 0.3 is 0 Å². The number of nitrogen functional groups attached to an aromatic ring is 1. The minimum absolute atomic E-state index is 0.0680. The Kier molecular flexibility index (Phi) is 4.82. The minimum atomic E-state index is -3.45. The number of nitrogens with one attached hydrogen (secondary N) is 1. The molecule has 5 nitrogen and oxygen atoms in total. The fraction of sp³-hybridized carbons (Fsp3) is 0.500. The van der Waals surface area contributed by atoms with E-state index in [1.165, 1.54) is 6.07 Å². The second kappa shape index (κ2) is 6.43. The van der Waals surface area contributed by atoms with Crippen LogP contribution < -0.4 is 11.1 Å². The lowest BCUT2D eigenvalue weighted by atomic mass is 10.0. The second-order valence-electron chi connectivity index (χ2n) is 5.35. The molecule has 1 aromatic rings. The van der Waals surface area contributed by atoms with E-state index in [0.717, 1.165) is 31.4 Å². The Morgan fingerprint density at radius 3 is 2.57 bits per heavy atom. The van der Waals surface area contributed by atoms with Crippen LogP contribution in [0.5, 0.6) is 0 Å². The normalized spacial score (nSPS) is 16.6. The quantitative estimate of drug-likeness (QED) is 0.833. The molecule has 2 rings (SSSR count). The summed E-state index contributed by atoms with van der Waals surface area (Å²) in [5.74, 6) is -1.71. The Morgan fingerprint density at radius 2 is 1.95 bits per heavy atom. The predicted molar refractivity (Wildman–Crippen MR) is 80.1 cm³/mol. The molecular formula is C14H19FN2O3S. The Bertz CT molecular complexity index is 625. The second-order valence-corrected chi connectivity index (χ2v) is 7.63. The zero-order valence-corrected chi connectivity index (χ0v) is 12.5. The molecule has 116 valence electrons. The highest BCUT2D eigenvalue weighted by atomic mass is 32.2. The lowest BCUT2D eigenvalue weighted by Crippen LogP contribution is -2.32. The van der Waals surface area contributed by atoms with Gasteiger partial charge in [0.25, 0.3) is 0 Å². The molecule has 1 amide bonds. The van der Waals surface area contributed by atoms with Crippen LogP contribution >= 0.6 is 0 Å². The van der Waals surface area contributed by atoms with Crippen molar-refractivity contribution in [3.63, 3.8) is 0 Å². The van der Waals surface area contributed by atoms with Gasteiger partial charge in [-0.15, -0.1) is 0 Å². The number of carbonyl (C=O) groups excluding carboxylic acids is 1. The minimum Gasteiger partial charge on any atom is -0.397 e. The first-order valence-electron chi connectivity index (χ1n) is 6.95. The summed E-state index contributed by atoms with van der Waals surface area (Å²) in [5.41, 5.74) is 5.86. The van der Waals surface area contributed by atoms with Crippen LogP contribution in [0.4, 0.5) is 15.8 Å². The van der Waals surface area contributed by atoms with Gasteiger partial charge in [0, 0.05) is 0 Å². The third kappa shape index (κ3) is 4.17. The van der Waals surface area contributed by atoms with Crippen molar-refractivity contribution in [2.24, 2.45) is 0 Å². The van der Waals surface area contributed by atoms with E-state index < -0.39 is 32.6 Å². The lowest BCUT2D eigenvalue weighted by Gasteiger charge is -2.21. The summed E-state index contributed by atoms with van der Waals surface area (Å²) in [4.78, 5) is 11.9. The average Bonchev–Trinajstić information content (AvgIpc) is 2.42. The number of amides is 1. The van der Waals surface area contributed by atoms with Gasteiger partial charge in [0.15, 0.2) is 9.84 Å². The lowest BCUT2D eigenvalue weighted by molar-refractivity contribution is -0.113. The molecule has 3 N–H and O–H groups in total. The highest BCUT2D eigenvalue weighted by molar-refractivity contribution is 7.92. The monoisotopic (exact) mass is 314 g/mol. The molecule has 0 aromatic heterocycles. The van der Waals surface area contributed by atoms with Gasteiger partial charge in [0.05, 0.1) is 16.6 Å². The van der Waals surface area contributed by atoms with Crippen molar-refractivity contribution in [2.45, 2.75) is 37.4 Å². The van der Waals surface area contributed by atoms with Gasteiger partial charge in [-0.1, -0.05) is 19.3 Å². The first kappa shape index (κ1) is 15.8. The number of halogens is 1. The van der Waals surface area contributed by atoms with Gasteiger partial charge in [-0.3, -0.25) is 4.79 Å². The molecule has 0 atom stereocenters. The van der Waals surface area contributed by atoms with Crippen LogP contribution in [0.25, 0.3) is 0 Å². The molecule has 0 spiro atoms. The van der Waals surface area contributed by atoms with Crippen LogP contribution in [0.3, 0.4) is 0 Å². The summed E-state index contributed by atoms with van der Waals surface area (Å²) in [5, 5.41) is 1.99. The Balaban J connectivity index is 2.00. The van der Waals surface area contributed by atoms with Crippen molar-refractivity contribution in [1.82, 2.24) is 0 Å². The van der Waals surface area contributed by atoms with Crippen LogP contribution in [0, 0.1) is 5.82 Å². The summed E-state index contributed by atoms with van der Waals surface area (Å²) in [6.07, 6.45) is 4.06. The molecule has 1 aliphatic carbocycles. The van der Waals surface area contributed by atoms with Gasteiger partial charge in [-0.25, -0.2) is 12.8 Å². The number of anilines is 2. The van der Waals surface area contributed by atoms with Gasteiger partial charge in [-0.2, -0.15) is 0 Å². The smallest absolute Gasteiger partial charge is 0.239 e. The van der Waals surface area contributed by atoms with Crippen molar-refractivity contribution < 1.29 is 17.6 Å². The van der Waals surface area contributed by atoms with E-state index in [-0.39, 0.29) is 11.4 Å². The fourth-order valence-corrected chi connectivity index (χ4v) is 4.28. The Morgan fingerprint density at radius 1 is 1.29 bits per heavy atom. The van der Waals surface area contributed by atoms with E-state index in [2.05, 4.69) is 5.32 Å². The summed E-state index contributed by atoms with van der Waals surface area (Å²) >= 11 is 0. The highest BCUT2D eigenvalue weighted by Crippen LogP contribution is 2.25. The number of hydrogen-bond acceptors (Lipinski definition) is 4. The molecule has 7 heteroatoms. The first-order valence-corrected chi connectivity index (χ1v) is 8.66. The van der Waals surface area contributed by atoms with Crippen molar-refractivity contribution >= 4 is 27.1 Å². The molecule has 1 fully saturated rings. The maximum atomic E-state index is 12.9. The number of hydrogen-bond donors (Lipinski definition) is 2. The highest BCUT2D eigenvalue weighted by Gasteiger charge is 2.29. The third-order valence-corrected chi connectivity index (χ3v) is 5.83. The van der Waals surface area contributed by atoms with E-state index in [9.17, 15) is 17.6 Å². The van der Waals surface area contributed by atoms with E-state index >= 15 is 0 Å². The van der Waals surface area contributed by atoms with Gasteiger partial charge in [-0.05, 0) is 31.0 Å². The van der Waals surface area contributed by atoms with Gasteiger partial charge in [0.1, 0.15) is 11.6 Å². The van der Waals surface area contributed by atoms with E-state index in [1.54, 1.807) is 0 Å². The fourth-order valence-electron chi connectivity index (χ4n) is 2.56. The average molecular weight is 314 g/mol. The number of nitrogens with two attached hydrogens (primary N) is 1.